The van der Waals surface area contributed by atoms with Gasteiger partial charge in [-0.2, -0.15) is 5.10 Å². The van der Waals surface area contributed by atoms with E-state index in [4.69, 9.17) is 27.9 Å². The summed E-state index contributed by atoms with van der Waals surface area (Å²) >= 11 is 11.9. The highest BCUT2D eigenvalue weighted by Gasteiger charge is 2.34. The Balaban J connectivity index is 1.73. The standard InChI is InChI=1S/C23H18Cl2N2O3/c1-30-18-9-4-14(5-10-18)20-13-21(15-2-6-16(24)7-3-15)27(26-20)23(29)19-11-8-17(25)12-22(19)28/h2-12,21,28H,13H2,1H3. The Morgan fingerprint density at radius 3 is 2.33 bits per heavy atom. The molecule has 0 aliphatic carbocycles. The van der Waals surface area contributed by atoms with Gasteiger partial charge in [-0.05, 0) is 65.7 Å². The molecule has 0 fully saturated rings. The maximum atomic E-state index is 13.3. The minimum atomic E-state index is -0.410. The fourth-order valence-electron chi connectivity index (χ4n) is 3.41. The van der Waals surface area contributed by atoms with Crippen molar-refractivity contribution in [3.63, 3.8) is 0 Å². The summed E-state index contributed by atoms with van der Waals surface area (Å²) in [6.45, 7) is 0. The Morgan fingerprint density at radius 2 is 1.70 bits per heavy atom. The first-order valence-electron chi connectivity index (χ1n) is 9.25. The summed E-state index contributed by atoms with van der Waals surface area (Å²) in [6, 6.07) is 18.9. The zero-order valence-electron chi connectivity index (χ0n) is 16.0. The molecule has 1 aliphatic heterocycles. The summed E-state index contributed by atoms with van der Waals surface area (Å²) in [7, 11) is 1.61. The summed E-state index contributed by atoms with van der Waals surface area (Å²) in [5, 5.41) is 17.2. The van der Waals surface area contributed by atoms with Gasteiger partial charge in [-0.25, -0.2) is 5.01 Å². The van der Waals surface area contributed by atoms with Gasteiger partial charge in [-0.15, -0.1) is 0 Å². The van der Waals surface area contributed by atoms with Crippen molar-refractivity contribution in [1.82, 2.24) is 5.01 Å². The van der Waals surface area contributed by atoms with Crippen molar-refractivity contribution in [3.8, 4) is 11.5 Å². The van der Waals surface area contributed by atoms with E-state index >= 15 is 0 Å². The number of hydrogen-bond acceptors (Lipinski definition) is 4. The van der Waals surface area contributed by atoms with Crippen molar-refractivity contribution < 1.29 is 14.6 Å². The number of hydrazone groups is 1. The molecule has 1 atom stereocenters. The monoisotopic (exact) mass is 440 g/mol. The molecule has 4 rings (SSSR count). The molecule has 1 amide bonds. The van der Waals surface area contributed by atoms with Crippen LogP contribution in [0.1, 0.15) is 33.9 Å². The number of phenolic OH excluding ortho intramolecular Hbond substituents is 1. The summed E-state index contributed by atoms with van der Waals surface area (Å²) in [5.74, 6) is 0.147. The van der Waals surface area contributed by atoms with Gasteiger partial charge in [0.1, 0.15) is 11.5 Å². The van der Waals surface area contributed by atoms with E-state index in [0.29, 0.717) is 16.5 Å². The van der Waals surface area contributed by atoms with E-state index in [1.54, 1.807) is 25.3 Å². The highest BCUT2D eigenvalue weighted by atomic mass is 35.5. The number of ether oxygens (including phenoxy) is 1. The quantitative estimate of drug-likeness (QED) is 0.565. The van der Waals surface area contributed by atoms with Crippen LogP contribution in [0.5, 0.6) is 11.5 Å². The SMILES string of the molecule is COc1ccc(C2=NN(C(=O)c3ccc(Cl)cc3O)C(c3ccc(Cl)cc3)C2)cc1. The molecule has 0 saturated heterocycles. The third-order valence-corrected chi connectivity index (χ3v) is 5.47. The van der Waals surface area contributed by atoms with E-state index < -0.39 is 5.91 Å². The molecule has 0 aromatic heterocycles. The number of methoxy groups -OCH3 is 1. The largest absolute Gasteiger partial charge is 0.507 e. The van der Waals surface area contributed by atoms with Crippen molar-refractivity contribution in [2.24, 2.45) is 5.10 Å². The van der Waals surface area contributed by atoms with Gasteiger partial charge in [-0.3, -0.25) is 4.79 Å². The van der Waals surface area contributed by atoms with Crippen molar-refractivity contribution in [2.75, 3.05) is 7.11 Å². The van der Waals surface area contributed by atoms with Gasteiger partial charge in [-0.1, -0.05) is 35.3 Å². The molecule has 7 heteroatoms. The number of carbonyl (C=O) groups is 1. The summed E-state index contributed by atoms with van der Waals surface area (Å²) in [6.07, 6.45) is 0.522. The van der Waals surface area contributed by atoms with Gasteiger partial charge in [0.25, 0.3) is 5.91 Å². The molecule has 0 bridgehead atoms. The first-order valence-corrected chi connectivity index (χ1v) is 10.0. The molecule has 3 aromatic carbocycles. The first-order chi connectivity index (χ1) is 14.5. The molecule has 1 N–H and O–H groups in total. The molecule has 152 valence electrons. The Labute approximate surface area is 184 Å². The van der Waals surface area contributed by atoms with Gasteiger partial charge in [0.15, 0.2) is 0 Å². The third-order valence-electron chi connectivity index (χ3n) is 4.99. The number of carbonyl (C=O) groups excluding carboxylic acids is 1. The Hall–Kier alpha value is -3.02. The number of halogens is 2. The van der Waals surface area contributed by atoms with E-state index in [0.717, 1.165) is 22.6 Å². The lowest BCUT2D eigenvalue weighted by Crippen LogP contribution is -2.27. The zero-order valence-corrected chi connectivity index (χ0v) is 17.6. The minimum absolute atomic E-state index is 0.137. The summed E-state index contributed by atoms with van der Waals surface area (Å²) in [4.78, 5) is 13.3. The van der Waals surface area contributed by atoms with E-state index in [2.05, 4.69) is 5.10 Å². The van der Waals surface area contributed by atoms with E-state index in [1.807, 2.05) is 36.4 Å². The molecule has 1 aliphatic rings. The maximum absolute atomic E-state index is 13.3. The molecule has 1 unspecified atom stereocenters. The normalized spacial score (nSPS) is 15.8. The second-order valence-corrected chi connectivity index (χ2v) is 7.73. The first kappa shape index (κ1) is 20.3. The molecule has 30 heavy (non-hydrogen) atoms. The molecule has 0 spiro atoms. The number of phenols is 1. The number of benzene rings is 3. The zero-order chi connectivity index (χ0) is 21.3. The Morgan fingerprint density at radius 1 is 1.03 bits per heavy atom. The van der Waals surface area contributed by atoms with Crippen molar-refractivity contribution >= 4 is 34.8 Å². The number of rotatable bonds is 4. The molecule has 1 heterocycles. The van der Waals surface area contributed by atoms with Crippen LogP contribution < -0.4 is 4.74 Å². The Kier molecular flexibility index (Phi) is 5.66. The highest BCUT2D eigenvalue weighted by Crippen LogP contribution is 2.36. The van der Waals surface area contributed by atoms with E-state index in [-0.39, 0.29) is 17.4 Å². The topological polar surface area (TPSA) is 62.1 Å². The average molecular weight is 441 g/mol. The van der Waals surface area contributed by atoms with Crippen LogP contribution in [-0.2, 0) is 0 Å². The van der Waals surface area contributed by atoms with Gasteiger partial charge < -0.3 is 9.84 Å². The lowest BCUT2D eigenvalue weighted by molar-refractivity contribution is 0.0708. The predicted octanol–water partition coefficient (Wildman–Crippen LogP) is 5.70. The van der Waals surface area contributed by atoms with Crippen LogP contribution in [-0.4, -0.2) is 28.8 Å². The number of amides is 1. The summed E-state index contributed by atoms with van der Waals surface area (Å²) in [5.41, 5.74) is 2.69. The molecular formula is C23H18Cl2N2O3. The van der Waals surface area contributed by atoms with Crippen molar-refractivity contribution in [3.05, 3.63) is 93.5 Å². The number of aromatic hydroxyl groups is 1. The number of hydrogen-bond donors (Lipinski definition) is 1. The third kappa shape index (κ3) is 3.99. The van der Waals surface area contributed by atoms with Gasteiger partial charge in [0.05, 0.1) is 24.4 Å². The van der Waals surface area contributed by atoms with E-state index in [9.17, 15) is 9.90 Å². The second-order valence-electron chi connectivity index (χ2n) is 6.86. The molecule has 3 aromatic rings. The Bertz CT molecular complexity index is 1110. The fourth-order valence-corrected chi connectivity index (χ4v) is 3.70. The van der Waals surface area contributed by atoms with Crippen molar-refractivity contribution in [1.29, 1.82) is 0 Å². The predicted molar refractivity (Wildman–Crippen MR) is 118 cm³/mol. The van der Waals surface area contributed by atoms with Crippen LogP contribution in [0.25, 0.3) is 0 Å². The highest BCUT2D eigenvalue weighted by molar-refractivity contribution is 6.31. The van der Waals surface area contributed by atoms with E-state index in [1.165, 1.54) is 17.1 Å². The van der Waals surface area contributed by atoms with Crippen molar-refractivity contribution in [2.45, 2.75) is 12.5 Å². The second kappa shape index (κ2) is 8.38. The lowest BCUT2D eigenvalue weighted by atomic mass is 9.98. The van der Waals surface area contributed by atoms with Crippen LogP contribution in [0.2, 0.25) is 10.0 Å². The lowest BCUT2D eigenvalue weighted by Gasteiger charge is -2.22. The van der Waals surface area contributed by atoms with Crippen LogP contribution in [0, 0.1) is 0 Å². The van der Waals surface area contributed by atoms with Gasteiger partial charge in [0, 0.05) is 16.5 Å². The minimum Gasteiger partial charge on any atom is -0.507 e. The summed E-state index contributed by atoms with van der Waals surface area (Å²) < 4.78 is 5.22. The van der Waals surface area contributed by atoms with Gasteiger partial charge >= 0.3 is 0 Å². The van der Waals surface area contributed by atoms with Gasteiger partial charge in [0.2, 0.25) is 0 Å². The van der Waals surface area contributed by atoms with Crippen LogP contribution in [0.15, 0.2) is 71.8 Å². The fraction of sp³-hybridized carbons (Fsp3) is 0.130. The van der Waals surface area contributed by atoms with Crippen LogP contribution >= 0.6 is 23.2 Å². The van der Waals surface area contributed by atoms with Crippen LogP contribution in [0.4, 0.5) is 0 Å². The van der Waals surface area contributed by atoms with Crippen LogP contribution in [0.3, 0.4) is 0 Å². The number of nitrogens with zero attached hydrogens (tertiary/aromatic N) is 2. The molecule has 0 radical (unpaired) electrons. The molecule has 5 nitrogen and oxygen atoms in total. The smallest absolute Gasteiger partial charge is 0.278 e. The molecule has 0 saturated carbocycles. The molecular weight excluding hydrogens is 423 g/mol. The average Bonchev–Trinajstić information content (AvgIpc) is 3.19. The maximum Gasteiger partial charge on any atom is 0.278 e.